The molecule has 0 radical (unpaired) electrons. The van der Waals surface area contributed by atoms with Gasteiger partial charge in [0.15, 0.2) is 0 Å². The first-order valence-corrected chi connectivity index (χ1v) is 6.62. The van der Waals surface area contributed by atoms with Crippen molar-refractivity contribution in [2.45, 2.75) is 32.1 Å². The third-order valence-electron chi connectivity index (χ3n) is 3.49. The van der Waals surface area contributed by atoms with Crippen LogP contribution in [0.4, 0.5) is 4.79 Å². The van der Waals surface area contributed by atoms with Crippen molar-refractivity contribution >= 4 is 6.03 Å². The van der Waals surface area contributed by atoms with Crippen molar-refractivity contribution in [3.63, 3.8) is 0 Å². The quantitative estimate of drug-likeness (QED) is 0.674. The molecule has 1 N–H and O–H groups in total. The molecule has 4 nitrogen and oxygen atoms in total. The summed E-state index contributed by atoms with van der Waals surface area (Å²) < 4.78 is 0. The highest BCUT2D eigenvalue weighted by molar-refractivity contribution is 5.74. The van der Waals surface area contributed by atoms with Crippen LogP contribution in [0.15, 0.2) is 0 Å². The van der Waals surface area contributed by atoms with Crippen LogP contribution in [0, 0.1) is 0 Å². The highest BCUT2D eigenvalue weighted by Gasteiger charge is 2.21. The Balaban J connectivity index is 1.88. The van der Waals surface area contributed by atoms with Gasteiger partial charge in [-0.05, 0) is 25.8 Å². The Morgan fingerprint density at radius 1 is 0.750 bits per heavy atom. The molecule has 2 aliphatic rings. The molecule has 16 heavy (non-hydrogen) atoms. The summed E-state index contributed by atoms with van der Waals surface area (Å²) in [7, 11) is 0. The van der Waals surface area contributed by atoms with Crippen LogP contribution in [0.1, 0.15) is 32.1 Å². The normalized spacial score (nSPS) is 23.8. The van der Waals surface area contributed by atoms with Gasteiger partial charge < -0.3 is 15.1 Å². The van der Waals surface area contributed by atoms with Crippen LogP contribution in [0.25, 0.3) is 0 Å². The Morgan fingerprint density at radius 2 is 1.38 bits per heavy atom. The van der Waals surface area contributed by atoms with E-state index in [1.54, 1.807) is 0 Å². The van der Waals surface area contributed by atoms with E-state index in [4.69, 9.17) is 0 Å². The van der Waals surface area contributed by atoms with Gasteiger partial charge in [0.1, 0.15) is 0 Å². The van der Waals surface area contributed by atoms with Gasteiger partial charge in [0.05, 0.1) is 0 Å². The SMILES string of the molecule is O=C(N1CCCCCC1)N1CCCNCC1. The first-order chi connectivity index (χ1) is 7.88. The fourth-order valence-electron chi connectivity index (χ4n) is 2.50. The van der Waals surface area contributed by atoms with Crippen molar-refractivity contribution in [1.29, 1.82) is 0 Å². The van der Waals surface area contributed by atoms with Crippen LogP contribution < -0.4 is 5.32 Å². The molecule has 0 bridgehead atoms. The van der Waals surface area contributed by atoms with Crippen molar-refractivity contribution in [2.75, 3.05) is 39.3 Å². The van der Waals surface area contributed by atoms with Crippen molar-refractivity contribution < 1.29 is 4.79 Å². The maximum absolute atomic E-state index is 12.3. The summed E-state index contributed by atoms with van der Waals surface area (Å²) in [6.45, 7) is 5.70. The number of carbonyl (C=O) groups excluding carboxylic acids is 1. The fraction of sp³-hybridized carbons (Fsp3) is 0.917. The molecule has 0 aliphatic carbocycles. The van der Waals surface area contributed by atoms with Gasteiger partial charge in [-0.25, -0.2) is 4.79 Å². The second kappa shape index (κ2) is 6.09. The molecule has 0 spiro atoms. The topological polar surface area (TPSA) is 35.6 Å². The smallest absolute Gasteiger partial charge is 0.320 e. The second-order valence-corrected chi connectivity index (χ2v) is 4.77. The van der Waals surface area contributed by atoms with Crippen molar-refractivity contribution in [1.82, 2.24) is 15.1 Å². The molecule has 4 heteroatoms. The summed E-state index contributed by atoms with van der Waals surface area (Å²) in [6, 6.07) is 0.269. The highest BCUT2D eigenvalue weighted by Crippen LogP contribution is 2.12. The van der Waals surface area contributed by atoms with Gasteiger partial charge in [0.25, 0.3) is 0 Å². The van der Waals surface area contributed by atoms with Crippen LogP contribution in [0.3, 0.4) is 0 Å². The van der Waals surface area contributed by atoms with Crippen LogP contribution in [-0.2, 0) is 0 Å². The Labute approximate surface area is 98.0 Å². The zero-order valence-electron chi connectivity index (χ0n) is 10.1. The van der Waals surface area contributed by atoms with Crippen LogP contribution >= 0.6 is 0 Å². The minimum absolute atomic E-state index is 0.269. The van der Waals surface area contributed by atoms with E-state index in [9.17, 15) is 4.79 Å². The van der Waals surface area contributed by atoms with Gasteiger partial charge in [-0.2, -0.15) is 0 Å². The number of amides is 2. The monoisotopic (exact) mass is 225 g/mol. The number of hydrogen-bond acceptors (Lipinski definition) is 2. The maximum atomic E-state index is 12.3. The number of carbonyl (C=O) groups is 1. The minimum Gasteiger partial charge on any atom is -0.325 e. The largest absolute Gasteiger partial charge is 0.325 e. The van der Waals surface area contributed by atoms with Gasteiger partial charge in [0, 0.05) is 32.7 Å². The van der Waals surface area contributed by atoms with E-state index in [0.717, 1.165) is 45.7 Å². The summed E-state index contributed by atoms with van der Waals surface area (Å²) in [6.07, 6.45) is 6.01. The standard InChI is InChI=1S/C12H23N3O/c16-12(14-8-3-1-2-4-9-14)15-10-5-6-13-7-11-15/h13H,1-11H2. The Kier molecular flexibility index (Phi) is 4.45. The van der Waals surface area contributed by atoms with Gasteiger partial charge in [0.2, 0.25) is 0 Å². The van der Waals surface area contributed by atoms with E-state index in [1.807, 2.05) is 4.90 Å². The van der Waals surface area contributed by atoms with Crippen LogP contribution in [0.5, 0.6) is 0 Å². The summed E-state index contributed by atoms with van der Waals surface area (Å²) in [5, 5.41) is 3.33. The molecular weight excluding hydrogens is 202 g/mol. The molecule has 0 aromatic rings. The third-order valence-corrected chi connectivity index (χ3v) is 3.49. The molecule has 0 unspecified atom stereocenters. The van der Waals surface area contributed by atoms with Gasteiger partial charge in [-0.1, -0.05) is 12.8 Å². The third kappa shape index (κ3) is 3.11. The molecule has 2 aliphatic heterocycles. The van der Waals surface area contributed by atoms with E-state index < -0.39 is 0 Å². The van der Waals surface area contributed by atoms with Gasteiger partial charge in [-0.3, -0.25) is 0 Å². The Hall–Kier alpha value is -0.770. The number of urea groups is 1. The first kappa shape index (κ1) is 11.7. The molecular formula is C12H23N3O. The van der Waals surface area contributed by atoms with E-state index in [1.165, 1.54) is 25.7 Å². The van der Waals surface area contributed by atoms with E-state index in [2.05, 4.69) is 10.2 Å². The van der Waals surface area contributed by atoms with Gasteiger partial charge in [-0.15, -0.1) is 0 Å². The maximum Gasteiger partial charge on any atom is 0.320 e. The van der Waals surface area contributed by atoms with Gasteiger partial charge >= 0.3 is 6.03 Å². The lowest BCUT2D eigenvalue weighted by molar-refractivity contribution is 0.157. The number of hydrogen-bond donors (Lipinski definition) is 1. The predicted octanol–water partition coefficient (Wildman–Crippen LogP) is 1.28. The lowest BCUT2D eigenvalue weighted by Gasteiger charge is -2.28. The molecule has 2 fully saturated rings. The van der Waals surface area contributed by atoms with Crippen molar-refractivity contribution in [3.8, 4) is 0 Å². The summed E-state index contributed by atoms with van der Waals surface area (Å²) >= 11 is 0. The summed E-state index contributed by atoms with van der Waals surface area (Å²) in [4.78, 5) is 16.4. The molecule has 0 aromatic heterocycles. The molecule has 0 saturated carbocycles. The summed E-state index contributed by atoms with van der Waals surface area (Å²) in [5.41, 5.74) is 0. The molecule has 2 amide bonds. The number of likely N-dealkylation sites (tertiary alicyclic amines) is 1. The zero-order chi connectivity index (χ0) is 11.2. The molecule has 2 rings (SSSR count). The van der Waals surface area contributed by atoms with E-state index in [-0.39, 0.29) is 6.03 Å². The number of rotatable bonds is 0. The van der Waals surface area contributed by atoms with Crippen LogP contribution in [0.2, 0.25) is 0 Å². The fourth-order valence-corrected chi connectivity index (χ4v) is 2.50. The van der Waals surface area contributed by atoms with Crippen molar-refractivity contribution in [2.24, 2.45) is 0 Å². The molecule has 0 atom stereocenters. The lowest BCUT2D eigenvalue weighted by atomic mass is 10.2. The molecule has 2 saturated heterocycles. The predicted molar refractivity (Wildman–Crippen MR) is 64.5 cm³/mol. The lowest BCUT2D eigenvalue weighted by Crippen LogP contribution is -2.45. The average Bonchev–Trinajstić information content (AvgIpc) is 2.73. The van der Waals surface area contributed by atoms with Crippen molar-refractivity contribution in [3.05, 3.63) is 0 Å². The van der Waals surface area contributed by atoms with E-state index >= 15 is 0 Å². The highest BCUT2D eigenvalue weighted by atomic mass is 16.2. The van der Waals surface area contributed by atoms with E-state index in [0.29, 0.717) is 0 Å². The molecule has 92 valence electrons. The summed E-state index contributed by atoms with van der Waals surface area (Å²) in [5.74, 6) is 0. The average molecular weight is 225 g/mol. The van der Waals surface area contributed by atoms with Crippen LogP contribution in [-0.4, -0.2) is 55.1 Å². The zero-order valence-corrected chi connectivity index (χ0v) is 10.1. The number of nitrogens with zero attached hydrogens (tertiary/aromatic N) is 2. The first-order valence-electron chi connectivity index (χ1n) is 6.62. The second-order valence-electron chi connectivity index (χ2n) is 4.77. The molecule has 2 heterocycles. The Bertz CT molecular complexity index is 194. The Morgan fingerprint density at radius 3 is 2.12 bits per heavy atom. The minimum atomic E-state index is 0.269. The molecule has 0 aromatic carbocycles. The number of nitrogens with one attached hydrogen (secondary N) is 1.